The highest BCUT2D eigenvalue weighted by molar-refractivity contribution is 4.99. The van der Waals surface area contributed by atoms with Crippen LogP contribution in [0.3, 0.4) is 0 Å². The maximum absolute atomic E-state index is 2.50. The molecule has 1 aliphatic carbocycles. The van der Waals surface area contributed by atoms with Gasteiger partial charge in [0.2, 0.25) is 0 Å². The van der Waals surface area contributed by atoms with Crippen LogP contribution < -0.4 is 0 Å². The summed E-state index contributed by atoms with van der Waals surface area (Å²) in [7, 11) is 0. The quantitative estimate of drug-likeness (QED) is 0.415. The highest BCUT2D eigenvalue weighted by atomic mass is 14.1. The van der Waals surface area contributed by atoms with Gasteiger partial charge in [-0.05, 0) is 77.0 Å². The first-order valence-corrected chi connectivity index (χ1v) is 8.89. The second-order valence-electron chi connectivity index (χ2n) is 7.25. The van der Waals surface area contributed by atoms with Crippen LogP contribution in [0.5, 0.6) is 0 Å². The van der Waals surface area contributed by atoms with Gasteiger partial charge in [0.1, 0.15) is 0 Å². The zero-order valence-corrected chi connectivity index (χ0v) is 14.4. The molecule has 0 bridgehead atoms. The van der Waals surface area contributed by atoms with Crippen LogP contribution in [0.25, 0.3) is 0 Å². The van der Waals surface area contributed by atoms with Crippen molar-refractivity contribution in [1.82, 2.24) is 0 Å². The van der Waals surface area contributed by atoms with Crippen molar-refractivity contribution < 1.29 is 0 Å². The molecule has 0 amide bonds. The molecule has 1 aliphatic rings. The fraction of sp³-hybridized carbons (Fsp3) is 0.800. The van der Waals surface area contributed by atoms with Crippen LogP contribution in [0.4, 0.5) is 0 Å². The van der Waals surface area contributed by atoms with Gasteiger partial charge in [-0.25, -0.2) is 0 Å². The minimum Gasteiger partial charge on any atom is -0.0856 e. The number of hydrogen-bond donors (Lipinski definition) is 0. The van der Waals surface area contributed by atoms with Crippen molar-refractivity contribution >= 4 is 0 Å². The van der Waals surface area contributed by atoms with Gasteiger partial charge in [-0.15, -0.1) is 0 Å². The minimum absolute atomic E-state index is 0.889. The molecule has 0 N–H and O–H groups in total. The van der Waals surface area contributed by atoms with Crippen LogP contribution >= 0.6 is 0 Å². The van der Waals surface area contributed by atoms with E-state index in [0.29, 0.717) is 0 Å². The molecule has 0 aliphatic heterocycles. The second-order valence-corrected chi connectivity index (χ2v) is 7.25. The van der Waals surface area contributed by atoms with Gasteiger partial charge in [-0.3, -0.25) is 0 Å². The highest BCUT2D eigenvalue weighted by Gasteiger charge is 2.04. The molecule has 0 heterocycles. The third-order valence-corrected chi connectivity index (χ3v) is 4.84. The van der Waals surface area contributed by atoms with Crippen LogP contribution in [0.1, 0.15) is 91.9 Å². The lowest BCUT2D eigenvalue weighted by Gasteiger charge is -2.13. The normalized spacial score (nSPS) is 33.8. The zero-order valence-electron chi connectivity index (χ0n) is 14.4. The van der Waals surface area contributed by atoms with E-state index in [0.717, 1.165) is 11.8 Å². The molecule has 0 aromatic rings. The Bertz CT molecular complexity index is 276. The average Bonchev–Trinajstić information content (AvgIpc) is 2.37. The summed E-state index contributed by atoms with van der Waals surface area (Å²) in [5.41, 5.74) is 3.24. The Morgan fingerprint density at radius 1 is 0.700 bits per heavy atom. The van der Waals surface area contributed by atoms with Gasteiger partial charge in [-0.2, -0.15) is 0 Å². The Labute approximate surface area is 127 Å². The Hall–Kier alpha value is -0.520. The van der Waals surface area contributed by atoms with E-state index >= 15 is 0 Å². The third-order valence-electron chi connectivity index (χ3n) is 4.84. The van der Waals surface area contributed by atoms with Gasteiger partial charge in [0.25, 0.3) is 0 Å². The summed E-state index contributed by atoms with van der Waals surface area (Å²) in [4.78, 5) is 0. The molecule has 0 aromatic carbocycles. The van der Waals surface area contributed by atoms with E-state index in [1.165, 1.54) is 64.2 Å². The molecule has 0 spiro atoms. The smallest absolute Gasteiger partial charge is 0.0323 e. The van der Waals surface area contributed by atoms with Crippen molar-refractivity contribution in [3.63, 3.8) is 0 Å². The highest BCUT2D eigenvalue weighted by Crippen LogP contribution is 2.21. The van der Waals surface area contributed by atoms with Gasteiger partial charge in [-0.1, -0.05) is 50.0 Å². The van der Waals surface area contributed by atoms with Gasteiger partial charge < -0.3 is 0 Å². The molecule has 0 nitrogen and oxygen atoms in total. The maximum atomic E-state index is 2.50. The van der Waals surface area contributed by atoms with Gasteiger partial charge in [0.15, 0.2) is 0 Å². The molecule has 0 radical (unpaired) electrons. The van der Waals surface area contributed by atoms with Crippen LogP contribution in [0.15, 0.2) is 23.3 Å². The molecular formula is C20H36. The van der Waals surface area contributed by atoms with E-state index < -0.39 is 0 Å². The number of allylic oxidation sites excluding steroid dienone is 4. The lowest BCUT2D eigenvalue weighted by molar-refractivity contribution is 0.469. The van der Waals surface area contributed by atoms with E-state index in [-0.39, 0.29) is 0 Å². The zero-order chi connectivity index (χ0) is 14.8. The summed E-state index contributed by atoms with van der Waals surface area (Å²) in [6, 6.07) is 0. The molecular weight excluding hydrogens is 240 g/mol. The topological polar surface area (TPSA) is 0 Å². The summed E-state index contributed by atoms with van der Waals surface area (Å²) in [6.07, 6.45) is 18.5. The molecule has 0 fully saturated rings. The molecule has 0 aromatic heterocycles. The van der Waals surface area contributed by atoms with Crippen molar-refractivity contribution in [1.29, 1.82) is 0 Å². The molecule has 116 valence electrons. The SMILES string of the molecule is C/C1=C/CCC(C)CCC/C(C)=C\CCC(C)CCC1. The Morgan fingerprint density at radius 3 is 1.50 bits per heavy atom. The maximum Gasteiger partial charge on any atom is -0.0323 e. The predicted molar refractivity (Wildman–Crippen MR) is 92.0 cm³/mol. The van der Waals surface area contributed by atoms with Gasteiger partial charge in [0, 0.05) is 0 Å². The van der Waals surface area contributed by atoms with Crippen LogP contribution in [0, 0.1) is 11.8 Å². The molecule has 1 rings (SSSR count). The summed E-state index contributed by atoms with van der Waals surface area (Å²) in [6.45, 7) is 9.50. The summed E-state index contributed by atoms with van der Waals surface area (Å²) in [5.74, 6) is 1.78. The molecule has 2 atom stereocenters. The first-order chi connectivity index (χ1) is 9.58. The second kappa shape index (κ2) is 10.2. The Balaban J connectivity index is 2.48. The first-order valence-electron chi connectivity index (χ1n) is 8.89. The largest absolute Gasteiger partial charge is 0.0856 e. The fourth-order valence-electron chi connectivity index (χ4n) is 3.18. The van der Waals surface area contributed by atoms with Crippen molar-refractivity contribution in [3.8, 4) is 0 Å². The standard InChI is InChI=1S/C20H36/c1-17-9-5-11-18(2)13-7-15-20(4)16-8-14-19(3)12-6-10-17/h9,16,18-19H,5-8,10-15H2,1-4H3/b17-9-,20-16-. The summed E-state index contributed by atoms with van der Waals surface area (Å²) in [5, 5.41) is 0. The number of hydrogen-bond acceptors (Lipinski definition) is 0. The number of rotatable bonds is 0. The Morgan fingerprint density at radius 2 is 1.10 bits per heavy atom. The van der Waals surface area contributed by atoms with Crippen molar-refractivity contribution in [3.05, 3.63) is 23.3 Å². The fourth-order valence-corrected chi connectivity index (χ4v) is 3.18. The predicted octanol–water partition coefficient (Wildman–Crippen LogP) is 7.07. The lowest BCUT2D eigenvalue weighted by Crippen LogP contribution is -1.97. The Kier molecular flexibility index (Phi) is 8.98. The van der Waals surface area contributed by atoms with Crippen molar-refractivity contribution in [2.75, 3.05) is 0 Å². The van der Waals surface area contributed by atoms with Gasteiger partial charge in [0.05, 0.1) is 0 Å². The summed E-state index contributed by atoms with van der Waals surface area (Å²) >= 11 is 0. The molecule has 0 heteroatoms. The minimum atomic E-state index is 0.889. The molecule has 20 heavy (non-hydrogen) atoms. The lowest BCUT2D eigenvalue weighted by atomic mass is 9.93. The molecule has 0 saturated carbocycles. The average molecular weight is 277 g/mol. The van der Waals surface area contributed by atoms with Crippen LogP contribution in [-0.4, -0.2) is 0 Å². The first kappa shape index (κ1) is 17.5. The van der Waals surface area contributed by atoms with Gasteiger partial charge >= 0.3 is 0 Å². The van der Waals surface area contributed by atoms with E-state index in [4.69, 9.17) is 0 Å². The van der Waals surface area contributed by atoms with E-state index in [1.54, 1.807) is 11.1 Å². The van der Waals surface area contributed by atoms with Crippen LogP contribution in [0.2, 0.25) is 0 Å². The van der Waals surface area contributed by atoms with E-state index in [2.05, 4.69) is 39.8 Å². The monoisotopic (exact) mass is 276 g/mol. The van der Waals surface area contributed by atoms with Crippen molar-refractivity contribution in [2.45, 2.75) is 91.9 Å². The van der Waals surface area contributed by atoms with Crippen LogP contribution in [-0.2, 0) is 0 Å². The van der Waals surface area contributed by atoms with Crippen molar-refractivity contribution in [2.24, 2.45) is 11.8 Å². The third kappa shape index (κ3) is 8.61. The van der Waals surface area contributed by atoms with E-state index in [9.17, 15) is 0 Å². The van der Waals surface area contributed by atoms with E-state index in [1.807, 2.05) is 0 Å². The molecule has 2 unspecified atom stereocenters. The molecule has 0 saturated heterocycles. The summed E-state index contributed by atoms with van der Waals surface area (Å²) < 4.78 is 0.